The molecule has 5 nitrogen and oxygen atoms in total. The standard InChI is InChI=1S/C15H22N4O/c1-14(2,3)16-11-15(4,20)13-10-17-18-19(13)12-8-6-5-7-9-12/h5-10,16,20H,11H2,1-4H3. The molecule has 0 amide bonds. The zero-order valence-electron chi connectivity index (χ0n) is 12.5. The van der Waals surface area contributed by atoms with Gasteiger partial charge in [0.2, 0.25) is 0 Å². The van der Waals surface area contributed by atoms with E-state index in [-0.39, 0.29) is 5.54 Å². The molecule has 108 valence electrons. The van der Waals surface area contributed by atoms with Crippen molar-refractivity contribution in [1.29, 1.82) is 0 Å². The maximum absolute atomic E-state index is 10.7. The first-order valence-electron chi connectivity index (χ1n) is 6.74. The van der Waals surface area contributed by atoms with E-state index in [1.54, 1.807) is 17.8 Å². The smallest absolute Gasteiger partial charge is 0.118 e. The number of nitrogens with one attached hydrogen (secondary N) is 1. The highest BCUT2D eigenvalue weighted by molar-refractivity contribution is 5.32. The van der Waals surface area contributed by atoms with Gasteiger partial charge in [-0.2, -0.15) is 0 Å². The molecule has 0 aliphatic rings. The molecule has 0 aliphatic heterocycles. The Hall–Kier alpha value is -1.72. The summed E-state index contributed by atoms with van der Waals surface area (Å²) in [7, 11) is 0. The van der Waals surface area contributed by atoms with Gasteiger partial charge in [0.15, 0.2) is 0 Å². The molecule has 0 spiro atoms. The van der Waals surface area contributed by atoms with Gasteiger partial charge in [0.1, 0.15) is 5.60 Å². The average Bonchev–Trinajstić information content (AvgIpc) is 2.87. The molecule has 0 fully saturated rings. The normalized spacial score (nSPS) is 15.1. The lowest BCUT2D eigenvalue weighted by Gasteiger charge is -2.29. The van der Waals surface area contributed by atoms with Crippen LogP contribution >= 0.6 is 0 Å². The van der Waals surface area contributed by atoms with Crippen LogP contribution < -0.4 is 5.32 Å². The Kier molecular flexibility index (Phi) is 3.92. The van der Waals surface area contributed by atoms with E-state index in [9.17, 15) is 5.11 Å². The summed E-state index contributed by atoms with van der Waals surface area (Å²) in [6.07, 6.45) is 1.61. The Morgan fingerprint density at radius 2 is 1.80 bits per heavy atom. The van der Waals surface area contributed by atoms with Crippen molar-refractivity contribution >= 4 is 0 Å². The molecule has 1 aromatic carbocycles. The first kappa shape index (κ1) is 14.7. The van der Waals surface area contributed by atoms with E-state index in [0.717, 1.165) is 5.69 Å². The van der Waals surface area contributed by atoms with Crippen molar-refractivity contribution in [1.82, 2.24) is 20.3 Å². The van der Waals surface area contributed by atoms with Crippen LogP contribution in [0.2, 0.25) is 0 Å². The lowest BCUT2D eigenvalue weighted by Crippen LogP contribution is -2.45. The second-order valence-electron chi connectivity index (χ2n) is 6.24. The van der Waals surface area contributed by atoms with Gasteiger partial charge >= 0.3 is 0 Å². The molecule has 0 radical (unpaired) electrons. The molecule has 1 aromatic heterocycles. The van der Waals surface area contributed by atoms with Gasteiger partial charge in [0.05, 0.1) is 17.6 Å². The Bertz CT molecular complexity index is 555. The van der Waals surface area contributed by atoms with Crippen molar-refractivity contribution in [3.05, 3.63) is 42.2 Å². The van der Waals surface area contributed by atoms with Crippen LogP contribution in [0.1, 0.15) is 33.4 Å². The van der Waals surface area contributed by atoms with Crippen LogP contribution in [-0.2, 0) is 5.60 Å². The predicted molar refractivity (Wildman–Crippen MR) is 78.7 cm³/mol. The van der Waals surface area contributed by atoms with Crippen molar-refractivity contribution in [2.45, 2.75) is 38.8 Å². The number of aliphatic hydroxyl groups is 1. The predicted octanol–water partition coefficient (Wildman–Crippen LogP) is 1.86. The highest BCUT2D eigenvalue weighted by Crippen LogP contribution is 2.22. The number of rotatable bonds is 4. The molecule has 1 atom stereocenters. The number of hydrogen-bond donors (Lipinski definition) is 2. The molecule has 0 saturated carbocycles. The summed E-state index contributed by atoms with van der Waals surface area (Å²) in [6, 6.07) is 9.68. The molecule has 2 aromatic rings. The van der Waals surface area contributed by atoms with Crippen molar-refractivity contribution in [3.63, 3.8) is 0 Å². The highest BCUT2D eigenvalue weighted by Gasteiger charge is 2.29. The molecular formula is C15H22N4O. The lowest BCUT2D eigenvalue weighted by atomic mass is 10.00. The number of nitrogens with zero attached hydrogens (tertiary/aromatic N) is 3. The van der Waals surface area contributed by atoms with Crippen molar-refractivity contribution in [3.8, 4) is 5.69 Å². The highest BCUT2D eigenvalue weighted by atomic mass is 16.3. The fourth-order valence-corrected chi connectivity index (χ4v) is 1.89. The summed E-state index contributed by atoms with van der Waals surface area (Å²) < 4.78 is 1.67. The van der Waals surface area contributed by atoms with E-state index in [0.29, 0.717) is 12.2 Å². The van der Waals surface area contributed by atoms with Gasteiger partial charge in [-0.3, -0.25) is 0 Å². The Morgan fingerprint density at radius 3 is 2.40 bits per heavy atom. The quantitative estimate of drug-likeness (QED) is 0.893. The summed E-state index contributed by atoms with van der Waals surface area (Å²) in [5.41, 5.74) is 0.443. The minimum Gasteiger partial charge on any atom is -0.382 e. The maximum Gasteiger partial charge on any atom is 0.118 e. The average molecular weight is 274 g/mol. The van der Waals surface area contributed by atoms with Gasteiger partial charge in [-0.05, 0) is 39.8 Å². The van der Waals surface area contributed by atoms with Gasteiger partial charge in [-0.15, -0.1) is 5.10 Å². The zero-order valence-corrected chi connectivity index (χ0v) is 12.5. The van der Waals surface area contributed by atoms with Crippen LogP contribution in [0.25, 0.3) is 5.69 Å². The molecule has 5 heteroatoms. The van der Waals surface area contributed by atoms with Gasteiger partial charge in [-0.1, -0.05) is 23.4 Å². The lowest BCUT2D eigenvalue weighted by molar-refractivity contribution is 0.0434. The molecule has 1 unspecified atom stereocenters. The largest absolute Gasteiger partial charge is 0.382 e. The van der Waals surface area contributed by atoms with E-state index >= 15 is 0 Å². The second-order valence-corrected chi connectivity index (χ2v) is 6.24. The molecule has 20 heavy (non-hydrogen) atoms. The Labute approximate surface area is 119 Å². The number of aromatic nitrogens is 3. The third kappa shape index (κ3) is 3.43. The molecule has 2 rings (SSSR count). The number of para-hydroxylation sites is 1. The summed E-state index contributed by atoms with van der Waals surface area (Å²) in [4.78, 5) is 0. The molecular weight excluding hydrogens is 252 g/mol. The Balaban J connectivity index is 2.27. The van der Waals surface area contributed by atoms with E-state index < -0.39 is 5.60 Å². The Morgan fingerprint density at radius 1 is 1.15 bits per heavy atom. The second kappa shape index (κ2) is 5.34. The third-order valence-corrected chi connectivity index (χ3v) is 3.06. The number of hydrogen-bond acceptors (Lipinski definition) is 4. The molecule has 2 N–H and O–H groups in total. The van der Waals surface area contributed by atoms with E-state index in [1.807, 2.05) is 30.3 Å². The number of benzene rings is 1. The SMILES string of the molecule is CC(C)(C)NCC(C)(O)c1cnnn1-c1ccccc1. The van der Waals surface area contributed by atoms with E-state index in [4.69, 9.17) is 0 Å². The summed E-state index contributed by atoms with van der Waals surface area (Å²) >= 11 is 0. The third-order valence-electron chi connectivity index (χ3n) is 3.06. The van der Waals surface area contributed by atoms with Crippen molar-refractivity contribution in [2.75, 3.05) is 6.54 Å². The summed E-state index contributed by atoms with van der Waals surface area (Å²) in [6.45, 7) is 8.39. The number of β-amino-alcohol motifs (C(OH)–C–C–N with tert-alkyl or cyclic N) is 1. The summed E-state index contributed by atoms with van der Waals surface area (Å²) in [5, 5.41) is 22.0. The van der Waals surface area contributed by atoms with E-state index in [2.05, 4.69) is 36.4 Å². The van der Waals surface area contributed by atoms with Crippen LogP contribution in [0.15, 0.2) is 36.5 Å². The van der Waals surface area contributed by atoms with Gasteiger partial charge < -0.3 is 10.4 Å². The van der Waals surface area contributed by atoms with Gasteiger partial charge in [0.25, 0.3) is 0 Å². The monoisotopic (exact) mass is 274 g/mol. The zero-order chi connectivity index (χ0) is 14.8. The van der Waals surface area contributed by atoms with Gasteiger partial charge in [0, 0.05) is 12.1 Å². The fraction of sp³-hybridized carbons (Fsp3) is 0.467. The molecule has 0 aliphatic carbocycles. The van der Waals surface area contributed by atoms with Crippen LogP contribution in [-0.4, -0.2) is 32.2 Å². The van der Waals surface area contributed by atoms with Crippen LogP contribution in [0.3, 0.4) is 0 Å². The topological polar surface area (TPSA) is 63.0 Å². The first-order valence-corrected chi connectivity index (χ1v) is 6.74. The molecule has 0 bridgehead atoms. The minimum absolute atomic E-state index is 0.0605. The van der Waals surface area contributed by atoms with Gasteiger partial charge in [-0.25, -0.2) is 4.68 Å². The first-order chi connectivity index (χ1) is 9.30. The van der Waals surface area contributed by atoms with Crippen LogP contribution in [0.4, 0.5) is 0 Å². The van der Waals surface area contributed by atoms with Crippen molar-refractivity contribution in [2.24, 2.45) is 0 Å². The molecule has 0 saturated heterocycles. The molecule has 1 heterocycles. The summed E-state index contributed by atoms with van der Waals surface area (Å²) in [5.74, 6) is 0. The van der Waals surface area contributed by atoms with Crippen LogP contribution in [0.5, 0.6) is 0 Å². The van der Waals surface area contributed by atoms with Crippen molar-refractivity contribution < 1.29 is 5.11 Å². The van der Waals surface area contributed by atoms with Crippen LogP contribution in [0, 0.1) is 0 Å². The minimum atomic E-state index is -1.05. The maximum atomic E-state index is 10.7. The van der Waals surface area contributed by atoms with E-state index in [1.165, 1.54) is 0 Å². The fourth-order valence-electron chi connectivity index (χ4n) is 1.89.